The lowest BCUT2D eigenvalue weighted by molar-refractivity contribution is 0.964. The summed E-state index contributed by atoms with van der Waals surface area (Å²) >= 11 is 2.30. The molecule has 0 spiro atoms. The van der Waals surface area contributed by atoms with E-state index in [2.05, 4.69) is 51.8 Å². The van der Waals surface area contributed by atoms with Gasteiger partial charge in [-0.1, -0.05) is 12.1 Å². The molecule has 0 radical (unpaired) electrons. The van der Waals surface area contributed by atoms with Crippen LogP contribution in [0.4, 0.5) is 0 Å². The number of halogens is 1. The smallest absolute Gasteiger partial charge is 0.0905 e. The van der Waals surface area contributed by atoms with Gasteiger partial charge in [-0.3, -0.25) is 4.99 Å². The molecule has 3 heteroatoms. The number of nitrogens with zero attached hydrogens (tertiary/aromatic N) is 1. The predicted octanol–water partition coefficient (Wildman–Crippen LogP) is 2.21. The fourth-order valence-corrected chi connectivity index (χ4v) is 1.37. The van der Waals surface area contributed by atoms with Crippen LogP contribution in [0.25, 0.3) is 0 Å². The van der Waals surface area contributed by atoms with Crippen LogP contribution in [0.1, 0.15) is 12.5 Å². The van der Waals surface area contributed by atoms with Crippen molar-refractivity contribution in [2.24, 2.45) is 10.7 Å². The topological polar surface area (TPSA) is 38.4 Å². The minimum atomic E-state index is 0.658. The van der Waals surface area contributed by atoms with Gasteiger partial charge in [0.05, 0.1) is 5.84 Å². The van der Waals surface area contributed by atoms with Crippen molar-refractivity contribution >= 4 is 28.4 Å². The Morgan fingerprint density at radius 3 is 2.54 bits per heavy atom. The van der Waals surface area contributed by atoms with Gasteiger partial charge in [-0.05, 0) is 53.6 Å². The second kappa shape index (κ2) is 5.21. The van der Waals surface area contributed by atoms with Gasteiger partial charge in [0.15, 0.2) is 0 Å². The molecule has 2 nitrogen and oxygen atoms in total. The normalized spacial score (nSPS) is 11.7. The molecule has 0 atom stereocenters. The fraction of sp³-hybridized carbons (Fsp3) is 0.300. The second-order valence-electron chi connectivity index (χ2n) is 2.90. The molecule has 0 heterocycles. The fourth-order valence-electron chi connectivity index (χ4n) is 1.01. The summed E-state index contributed by atoms with van der Waals surface area (Å²) < 4.78 is 1.26. The van der Waals surface area contributed by atoms with E-state index in [9.17, 15) is 0 Å². The van der Waals surface area contributed by atoms with Crippen molar-refractivity contribution in [2.45, 2.75) is 13.3 Å². The molecule has 70 valence electrons. The summed E-state index contributed by atoms with van der Waals surface area (Å²) in [5.41, 5.74) is 6.74. The van der Waals surface area contributed by atoms with E-state index >= 15 is 0 Å². The van der Waals surface area contributed by atoms with Crippen LogP contribution >= 0.6 is 22.6 Å². The highest BCUT2D eigenvalue weighted by Crippen LogP contribution is 2.07. The standard InChI is InChI=1S/C10H13IN2/c1-8(12)13-7-6-9-2-4-10(11)5-3-9/h2-5H,6-7H2,1H3,(H2,12,13)/i11+4. The number of hydrogen-bond donors (Lipinski definition) is 1. The van der Waals surface area contributed by atoms with Gasteiger partial charge < -0.3 is 5.73 Å². The van der Waals surface area contributed by atoms with Crippen LogP contribution < -0.4 is 5.73 Å². The minimum absolute atomic E-state index is 0.658. The molecule has 2 N–H and O–H groups in total. The lowest BCUT2D eigenvalue weighted by Gasteiger charge is -1.98. The zero-order valence-electron chi connectivity index (χ0n) is 7.63. The van der Waals surface area contributed by atoms with Gasteiger partial charge in [0.1, 0.15) is 0 Å². The summed E-state index contributed by atoms with van der Waals surface area (Å²) in [6, 6.07) is 8.47. The SMILES string of the molecule is CC(N)=NCCc1ccc([131I])cc1. The van der Waals surface area contributed by atoms with E-state index in [-0.39, 0.29) is 0 Å². The van der Waals surface area contributed by atoms with Crippen molar-refractivity contribution in [2.75, 3.05) is 6.54 Å². The molecule has 0 aliphatic carbocycles. The van der Waals surface area contributed by atoms with Gasteiger partial charge in [-0.15, -0.1) is 0 Å². The summed E-state index contributed by atoms with van der Waals surface area (Å²) in [6.07, 6.45) is 0.964. The number of nitrogens with two attached hydrogens (primary N) is 1. The molecular formula is C10H13IN2. The first-order chi connectivity index (χ1) is 6.18. The maximum absolute atomic E-state index is 5.43. The predicted molar refractivity (Wildman–Crippen MR) is 65.0 cm³/mol. The highest BCUT2D eigenvalue weighted by Gasteiger charge is 1.91. The summed E-state index contributed by atoms with van der Waals surface area (Å²) in [4.78, 5) is 4.13. The van der Waals surface area contributed by atoms with Crippen molar-refractivity contribution < 1.29 is 0 Å². The minimum Gasteiger partial charge on any atom is -0.388 e. The lowest BCUT2D eigenvalue weighted by Crippen LogP contribution is -2.06. The molecule has 1 aromatic rings. The Balaban J connectivity index is 2.46. The van der Waals surface area contributed by atoms with Crippen LogP contribution in [0, 0.1) is 3.57 Å². The van der Waals surface area contributed by atoms with Gasteiger partial charge in [-0.25, -0.2) is 0 Å². The van der Waals surface area contributed by atoms with Crippen LogP contribution in [0.2, 0.25) is 0 Å². The highest BCUT2D eigenvalue weighted by molar-refractivity contribution is 14.1. The molecule has 0 saturated carbocycles. The molecule has 0 unspecified atom stereocenters. The summed E-state index contributed by atoms with van der Waals surface area (Å²) in [7, 11) is 0. The van der Waals surface area contributed by atoms with Gasteiger partial charge in [-0.2, -0.15) is 0 Å². The van der Waals surface area contributed by atoms with Gasteiger partial charge in [0.2, 0.25) is 0 Å². The quantitative estimate of drug-likeness (QED) is 0.518. The molecule has 0 aliphatic heterocycles. The lowest BCUT2D eigenvalue weighted by atomic mass is 10.2. The Morgan fingerprint density at radius 2 is 2.00 bits per heavy atom. The monoisotopic (exact) mass is 292 g/mol. The number of benzene rings is 1. The first-order valence-electron chi connectivity index (χ1n) is 4.19. The Bertz CT molecular complexity index is 286. The Kier molecular flexibility index (Phi) is 4.21. The molecule has 0 saturated heterocycles. The number of aliphatic imine (C=N–C) groups is 1. The summed E-state index contributed by atoms with van der Waals surface area (Å²) in [6.45, 7) is 2.59. The van der Waals surface area contributed by atoms with E-state index in [0.717, 1.165) is 13.0 Å². The first-order valence-corrected chi connectivity index (χ1v) is 5.27. The maximum Gasteiger partial charge on any atom is 0.0905 e. The highest BCUT2D eigenvalue weighted by atomic mass is 131. The zero-order valence-corrected chi connectivity index (χ0v) is 9.78. The van der Waals surface area contributed by atoms with E-state index in [0.29, 0.717) is 5.84 Å². The van der Waals surface area contributed by atoms with Crippen LogP contribution in [0.3, 0.4) is 0 Å². The second-order valence-corrected chi connectivity index (χ2v) is 4.15. The van der Waals surface area contributed by atoms with E-state index in [1.165, 1.54) is 9.13 Å². The van der Waals surface area contributed by atoms with Crippen molar-refractivity contribution in [1.82, 2.24) is 0 Å². The van der Waals surface area contributed by atoms with Crippen LogP contribution in [-0.4, -0.2) is 12.4 Å². The Hall–Kier alpha value is -0.580. The van der Waals surface area contributed by atoms with Crippen molar-refractivity contribution in [1.29, 1.82) is 0 Å². The third-order valence-corrected chi connectivity index (χ3v) is 2.39. The van der Waals surface area contributed by atoms with Crippen molar-refractivity contribution in [3.8, 4) is 0 Å². The van der Waals surface area contributed by atoms with Crippen LogP contribution in [0.15, 0.2) is 29.3 Å². The van der Waals surface area contributed by atoms with Gasteiger partial charge >= 0.3 is 0 Å². The third-order valence-electron chi connectivity index (χ3n) is 1.67. The molecule has 1 rings (SSSR count). The number of amidine groups is 1. The van der Waals surface area contributed by atoms with Gasteiger partial charge in [0, 0.05) is 10.1 Å². The molecular weight excluding hydrogens is 279 g/mol. The van der Waals surface area contributed by atoms with Crippen LogP contribution in [-0.2, 0) is 6.42 Å². The zero-order chi connectivity index (χ0) is 9.68. The molecule has 13 heavy (non-hydrogen) atoms. The molecule has 0 bridgehead atoms. The molecule has 0 aliphatic rings. The maximum atomic E-state index is 5.43. The number of hydrogen-bond acceptors (Lipinski definition) is 1. The third kappa shape index (κ3) is 4.26. The van der Waals surface area contributed by atoms with E-state index in [1.54, 1.807) is 0 Å². The average Bonchev–Trinajstić information content (AvgIpc) is 2.08. The van der Waals surface area contributed by atoms with Gasteiger partial charge in [0.25, 0.3) is 0 Å². The van der Waals surface area contributed by atoms with E-state index < -0.39 is 0 Å². The van der Waals surface area contributed by atoms with Crippen LogP contribution in [0.5, 0.6) is 0 Å². The Labute approximate surface area is 92.4 Å². The molecule has 1 aromatic carbocycles. The summed E-state index contributed by atoms with van der Waals surface area (Å²) in [5.74, 6) is 0.658. The average molecular weight is 292 g/mol. The van der Waals surface area contributed by atoms with Crippen molar-refractivity contribution in [3.63, 3.8) is 0 Å². The van der Waals surface area contributed by atoms with E-state index in [1.807, 2.05) is 6.92 Å². The number of rotatable bonds is 3. The van der Waals surface area contributed by atoms with Crippen molar-refractivity contribution in [3.05, 3.63) is 33.4 Å². The Morgan fingerprint density at radius 1 is 1.38 bits per heavy atom. The molecule has 0 aromatic heterocycles. The molecule has 0 fully saturated rings. The first kappa shape index (κ1) is 10.5. The molecule has 0 amide bonds. The summed E-state index contributed by atoms with van der Waals surface area (Å²) in [5, 5.41) is 0. The largest absolute Gasteiger partial charge is 0.388 e. The van der Waals surface area contributed by atoms with E-state index in [4.69, 9.17) is 5.73 Å².